The molecule has 0 aromatic heterocycles. The molecule has 1 amide bonds. The van der Waals surface area contributed by atoms with Gasteiger partial charge in [0.1, 0.15) is 0 Å². The third-order valence-corrected chi connectivity index (χ3v) is 3.94. The molecule has 122 valence electrons. The summed E-state index contributed by atoms with van der Waals surface area (Å²) >= 11 is 5.84. The van der Waals surface area contributed by atoms with Crippen LogP contribution in [0.4, 0.5) is 0 Å². The van der Waals surface area contributed by atoms with Crippen molar-refractivity contribution in [3.8, 4) is 11.5 Å². The van der Waals surface area contributed by atoms with Crippen molar-refractivity contribution in [3.63, 3.8) is 0 Å². The summed E-state index contributed by atoms with van der Waals surface area (Å²) in [4.78, 5) is 12.3. The second-order valence-electron chi connectivity index (χ2n) is 5.27. The molecular weight excluding hydrogens is 314 g/mol. The molecule has 0 aliphatic carbocycles. The van der Waals surface area contributed by atoms with Crippen LogP contribution in [0.1, 0.15) is 34.5 Å². The van der Waals surface area contributed by atoms with E-state index in [1.165, 1.54) is 0 Å². The van der Waals surface area contributed by atoms with E-state index in [1.807, 2.05) is 26.0 Å². The van der Waals surface area contributed by atoms with Crippen LogP contribution in [0.3, 0.4) is 0 Å². The van der Waals surface area contributed by atoms with Gasteiger partial charge in [0, 0.05) is 10.6 Å². The molecule has 2 rings (SSSR count). The van der Waals surface area contributed by atoms with Gasteiger partial charge < -0.3 is 14.8 Å². The van der Waals surface area contributed by atoms with Crippen LogP contribution in [0.2, 0.25) is 5.02 Å². The van der Waals surface area contributed by atoms with E-state index in [4.69, 9.17) is 21.1 Å². The largest absolute Gasteiger partial charge is 0.493 e. The molecule has 1 N–H and O–H groups in total. The van der Waals surface area contributed by atoms with Crippen molar-refractivity contribution < 1.29 is 14.3 Å². The highest BCUT2D eigenvalue weighted by molar-refractivity contribution is 6.30. The predicted octanol–water partition coefficient (Wildman–Crippen LogP) is 4.16. The van der Waals surface area contributed by atoms with E-state index >= 15 is 0 Å². The molecule has 5 heteroatoms. The number of ether oxygens (including phenoxy) is 2. The monoisotopic (exact) mass is 333 g/mol. The number of methoxy groups -OCH3 is 2. The smallest absolute Gasteiger partial charge is 0.251 e. The van der Waals surface area contributed by atoms with Crippen molar-refractivity contribution in [2.24, 2.45) is 0 Å². The molecule has 0 aliphatic heterocycles. The van der Waals surface area contributed by atoms with Crippen LogP contribution in [-0.4, -0.2) is 20.1 Å². The fourth-order valence-corrected chi connectivity index (χ4v) is 2.55. The molecule has 2 aromatic carbocycles. The van der Waals surface area contributed by atoms with Gasteiger partial charge in [-0.3, -0.25) is 4.79 Å². The van der Waals surface area contributed by atoms with Gasteiger partial charge in [-0.05, 0) is 61.4 Å². The number of carbonyl (C=O) groups is 1. The highest BCUT2D eigenvalue weighted by Crippen LogP contribution is 2.32. The molecule has 0 saturated heterocycles. The minimum absolute atomic E-state index is 0.150. The molecule has 4 nitrogen and oxygen atoms in total. The Morgan fingerprint density at radius 2 is 1.65 bits per heavy atom. The van der Waals surface area contributed by atoms with Gasteiger partial charge in [0.05, 0.1) is 20.3 Å². The van der Waals surface area contributed by atoms with Crippen LogP contribution < -0.4 is 14.8 Å². The van der Waals surface area contributed by atoms with Gasteiger partial charge in [-0.1, -0.05) is 11.6 Å². The summed E-state index contributed by atoms with van der Waals surface area (Å²) in [5.41, 5.74) is 2.57. The maximum Gasteiger partial charge on any atom is 0.251 e. The van der Waals surface area contributed by atoms with Crippen LogP contribution in [0, 0.1) is 6.92 Å². The summed E-state index contributed by atoms with van der Waals surface area (Å²) < 4.78 is 10.6. The zero-order valence-electron chi connectivity index (χ0n) is 13.6. The average Bonchev–Trinajstić information content (AvgIpc) is 2.54. The van der Waals surface area contributed by atoms with Gasteiger partial charge in [0.15, 0.2) is 11.5 Å². The number of carbonyl (C=O) groups excluding carboxylic acids is 1. The fraction of sp³-hybridized carbons (Fsp3) is 0.278. The van der Waals surface area contributed by atoms with E-state index in [0.29, 0.717) is 22.1 Å². The lowest BCUT2D eigenvalue weighted by molar-refractivity contribution is 0.0940. The minimum atomic E-state index is -0.169. The van der Waals surface area contributed by atoms with Crippen molar-refractivity contribution >= 4 is 17.5 Å². The van der Waals surface area contributed by atoms with E-state index < -0.39 is 0 Å². The Hall–Kier alpha value is -2.20. The Kier molecular flexibility index (Phi) is 5.50. The number of amides is 1. The zero-order chi connectivity index (χ0) is 17.0. The summed E-state index contributed by atoms with van der Waals surface area (Å²) in [7, 11) is 3.19. The van der Waals surface area contributed by atoms with Gasteiger partial charge in [-0.15, -0.1) is 0 Å². The van der Waals surface area contributed by atoms with E-state index in [0.717, 1.165) is 11.1 Å². The molecule has 0 aliphatic rings. The second kappa shape index (κ2) is 7.38. The first-order valence-electron chi connectivity index (χ1n) is 7.25. The number of rotatable bonds is 5. The summed E-state index contributed by atoms with van der Waals surface area (Å²) in [6, 6.07) is 10.4. The van der Waals surface area contributed by atoms with Crippen molar-refractivity contribution in [2.45, 2.75) is 19.9 Å². The van der Waals surface area contributed by atoms with Gasteiger partial charge in [-0.2, -0.15) is 0 Å². The first kappa shape index (κ1) is 17.2. The fourth-order valence-electron chi connectivity index (χ4n) is 2.42. The maximum absolute atomic E-state index is 12.3. The molecule has 1 atom stereocenters. The molecule has 2 aromatic rings. The molecule has 0 radical (unpaired) electrons. The van der Waals surface area contributed by atoms with E-state index in [9.17, 15) is 4.79 Å². The molecule has 0 fully saturated rings. The zero-order valence-corrected chi connectivity index (χ0v) is 14.4. The van der Waals surface area contributed by atoms with Crippen molar-refractivity contribution in [2.75, 3.05) is 14.2 Å². The minimum Gasteiger partial charge on any atom is -0.493 e. The summed E-state index contributed by atoms with van der Waals surface area (Å²) in [6.45, 7) is 3.91. The van der Waals surface area contributed by atoms with Crippen molar-refractivity contribution in [3.05, 3.63) is 58.1 Å². The maximum atomic E-state index is 12.3. The van der Waals surface area contributed by atoms with Crippen LogP contribution in [0.25, 0.3) is 0 Å². The number of hydrogen-bond acceptors (Lipinski definition) is 3. The quantitative estimate of drug-likeness (QED) is 0.893. The Bertz CT molecular complexity index is 698. The van der Waals surface area contributed by atoms with Gasteiger partial charge in [0.2, 0.25) is 0 Å². The van der Waals surface area contributed by atoms with Crippen LogP contribution in [-0.2, 0) is 0 Å². The molecule has 0 unspecified atom stereocenters. The number of halogens is 1. The molecule has 0 heterocycles. The highest BCUT2D eigenvalue weighted by Gasteiger charge is 2.16. The standard InChI is InChI=1S/C18H20ClNO3/c1-11-9-16(22-3)17(23-4)10-15(11)12(2)20-18(21)13-5-7-14(19)8-6-13/h5-10,12H,1-4H3,(H,20,21)/t12-/m0/s1. The SMILES string of the molecule is COc1cc(C)c([C@H](C)NC(=O)c2ccc(Cl)cc2)cc1OC. The number of nitrogens with one attached hydrogen (secondary N) is 1. The lowest BCUT2D eigenvalue weighted by Gasteiger charge is -2.19. The number of hydrogen-bond donors (Lipinski definition) is 1. The predicted molar refractivity (Wildman–Crippen MR) is 91.6 cm³/mol. The average molecular weight is 334 g/mol. The first-order valence-corrected chi connectivity index (χ1v) is 7.63. The second-order valence-corrected chi connectivity index (χ2v) is 5.70. The third-order valence-electron chi connectivity index (χ3n) is 3.69. The number of benzene rings is 2. The normalized spacial score (nSPS) is 11.7. The molecule has 0 bridgehead atoms. The lowest BCUT2D eigenvalue weighted by Crippen LogP contribution is -2.27. The van der Waals surface area contributed by atoms with Crippen molar-refractivity contribution in [1.82, 2.24) is 5.32 Å². The first-order chi connectivity index (χ1) is 11.0. The van der Waals surface area contributed by atoms with Crippen LogP contribution in [0.5, 0.6) is 11.5 Å². The summed E-state index contributed by atoms with van der Waals surface area (Å²) in [5.74, 6) is 1.16. The van der Waals surface area contributed by atoms with Gasteiger partial charge in [-0.25, -0.2) is 0 Å². The molecular formula is C18H20ClNO3. The van der Waals surface area contributed by atoms with Crippen LogP contribution >= 0.6 is 11.6 Å². The van der Waals surface area contributed by atoms with E-state index in [-0.39, 0.29) is 11.9 Å². The lowest BCUT2D eigenvalue weighted by atomic mass is 10.0. The molecule has 23 heavy (non-hydrogen) atoms. The van der Waals surface area contributed by atoms with Crippen molar-refractivity contribution in [1.29, 1.82) is 0 Å². The third kappa shape index (κ3) is 3.96. The Morgan fingerprint density at radius 3 is 2.22 bits per heavy atom. The van der Waals surface area contributed by atoms with Gasteiger partial charge >= 0.3 is 0 Å². The Balaban J connectivity index is 2.21. The van der Waals surface area contributed by atoms with Gasteiger partial charge in [0.25, 0.3) is 5.91 Å². The van der Waals surface area contributed by atoms with E-state index in [1.54, 1.807) is 38.5 Å². The summed E-state index contributed by atoms with van der Waals surface area (Å²) in [6.07, 6.45) is 0. The summed E-state index contributed by atoms with van der Waals surface area (Å²) in [5, 5.41) is 3.59. The molecule has 0 spiro atoms. The van der Waals surface area contributed by atoms with Crippen LogP contribution in [0.15, 0.2) is 36.4 Å². The number of aryl methyl sites for hydroxylation is 1. The highest BCUT2D eigenvalue weighted by atomic mass is 35.5. The molecule has 0 saturated carbocycles. The van der Waals surface area contributed by atoms with E-state index in [2.05, 4.69) is 5.32 Å². The Labute approximate surface area is 141 Å². The topological polar surface area (TPSA) is 47.6 Å². The Morgan fingerprint density at radius 1 is 1.09 bits per heavy atom.